The molecule has 0 heterocycles. The van der Waals surface area contributed by atoms with E-state index in [4.69, 9.17) is 10.5 Å². The summed E-state index contributed by atoms with van der Waals surface area (Å²) < 4.78 is 5.26. The summed E-state index contributed by atoms with van der Waals surface area (Å²) in [5.41, 5.74) is 5.01. The van der Waals surface area contributed by atoms with E-state index in [1.54, 1.807) is 0 Å². The molecule has 0 rings (SSSR count). The zero-order valence-electron chi connectivity index (χ0n) is 10.2. The number of primary amides is 1. The number of carbonyl (C=O) groups is 1. The molecule has 0 spiro atoms. The SMILES string of the molecule is CC(C)OCC(O)CNCCCCC(N)=O. The summed E-state index contributed by atoms with van der Waals surface area (Å²) >= 11 is 0. The van der Waals surface area contributed by atoms with Crippen LogP contribution in [0.25, 0.3) is 0 Å². The van der Waals surface area contributed by atoms with Crippen molar-refractivity contribution in [1.29, 1.82) is 0 Å². The van der Waals surface area contributed by atoms with Crippen molar-refractivity contribution in [3.05, 3.63) is 0 Å². The first-order valence-corrected chi connectivity index (χ1v) is 5.81. The van der Waals surface area contributed by atoms with Crippen LogP contribution in [-0.4, -0.2) is 42.9 Å². The van der Waals surface area contributed by atoms with Crippen molar-refractivity contribution in [3.63, 3.8) is 0 Å². The second-order valence-electron chi connectivity index (χ2n) is 4.16. The number of hydrogen-bond acceptors (Lipinski definition) is 4. The Morgan fingerprint density at radius 3 is 2.69 bits per heavy atom. The quantitative estimate of drug-likeness (QED) is 0.463. The molecule has 0 saturated carbocycles. The predicted molar refractivity (Wildman–Crippen MR) is 63.0 cm³/mol. The summed E-state index contributed by atoms with van der Waals surface area (Å²) in [6.45, 7) is 5.52. The van der Waals surface area contributed by atoms with E-state index in [0.717, 1.165) is 19.4 Å². The lowest BCUT2D eigenvalue weighted by Crippen LogP contribution is -2.31. The molecule has 5 heteroatoms. The summed E-state index contributed by atoms with van der Waals surface area (Å²) in [6, 6.07) is 0. The van der Waals surface area contributed by atoms with Gasteiger partial charge in [0.1, 0.15) is 0 Å². The number of unbranched alkanes of at least 4 members (excludes halogenated alkanes) is 1. The molecule has 0 aromatic carbocycles. The van der Waals surface area contributed by atoms with Crippen LogP contribution in [0, 0.1) is 0 Å². The minimum absolute atomic E-state index is 0.144. The highest BCUT2D eigenvalue weighted by molar-refractivity contribution is 5.73. The van der Waals surface area contributed by atoms with E-state index in [9.17, 15) is 9.90 Å². The molecular formula is C11H24N2O3. The molecule has 5 nitrogen and oxygen atoms in total. The van der Waals surface area contributed by atoms with Crippen molar-refractivity contribution < 1.29 is 14.6 Å². The summed E-state index contributed by atoms with van der Waals surface area (Å²) in [6.07, 6.45) is 1.78. The average Bonchev–Trinajstić information content (AvgIpc) is 2.19. The zero-order chi connectivity index (χ0) is 12.4. The molecule has 0 saturated heterocycles. The third-order valence-electron chi connectivity index (χ3n) is 2.03. The van der Waals surface area contributed by atoms with Crippen molar-refractivity contribution in [1.82, 2.24) is 5.32 Å². The van der Waals surface area contributed by atoms with Gasteiger partial charge in [0.25, 0.3) is 0 Å². The van der Waals surface area contributed by atoms with E-state index >= 15 is 0 Å². The fourth-order valence-electron chi connectivity index (χ4n) is 1.18. The summed E-state index contributed by atoms with van der Waals surface area (Å²) in [7, 11) is 0. The molecule has 0 aliphatic carbocycles. The Labute approximate surface area is 97.3 Å². The molecule has 0 aliphatic heterocycles. The van der Waals surface area contributed by atoms with Gasteiger partial charge in [0.2, 0.25) is 5.91 Å². The van der Waals surface area contributed by atoms with Crippen LogP contribution in [0.3, 0.4) is 0 Å². The number of aliphatic hydroxyl groups excluding tert-OH is 1. The number of nitrogens with one attached hydrogen (secondary N) is 1. The first-order chi connectivity index (χ1) is 7.52. The monoisotopic (exact) mass is 232 g/mol. The lowest BCUT2D eigenvalue weighted by Gasteiger charge is -2.14. The van der Waals surface area contributed by atoms with Crippen molar-refractivity contribution in [3.8, 4) is 0 Å². The van der Waals surface area contributed by atoms with Crippen LogP contribution in [0.15, 0.2) is 0 Å². The van der Waals surface area contributed by atoms with Gasteiger partial charge >= 0.3 is 0 Å². The molecule has 0 bridgehead atoms. The number of carbonyl (C=O) groups excluding carboxylic acids is 1. The Balaban J connectivity index is 3.21. The third-order valence-corrected chi connectivity index (χ3v) is 2.03. The Kier molecular flexibility index (Phi) is 9.18. The lowest BCUT2D eigenvalue weighted by atomic mass is 10.2. The maximum Gasteiger partial charge on any atom is 0.217 e. The summed E-state index contributed by atoms with van der Waals surface area (Å²) in [5, 5.41) is 12.6. The van der Waals surface area contributed by atoms with Gasteiger partial charge in [-0.1, -0.05) is 0 Å². The Morgan fingerprint density at radius 2 is 2.12 bits per heavy atom. The molecular weight excluding hydrogens is 208 g/mol. The minimum Gasteiger partial charge on any atom is -0.389 e. The third kappa shape index (κ3) is 11.4. The maximum absolute atomic E-state index is 10.4. The van der Waals surface area contributed by atoms with E-state index in [2.05, 4.69) is 5.32 Å². The van der Waals surface area contributed by atoms with Crippen LogP contribution < -0.4 is 11.1 Å². The van der Waals surface area contributed by atoms with Crippen molar-refractivity contribution in [2.45, 2.75) is 45.3 Å². The Hall–Kier alpha value is -0.650. The van der Waals surface area contributed by atoms with E-state index in [-0.39, 0.29) is 12.0 Å². The highest BCUT2D eigenvalue weighted by Crippen LogP contribution is 1.93. The van der Waals surface area contributed by atoms with E-state index in [0.29, 0.717) is 19.6 Å². The molecule has 1 atom stereocenters. The number of ether oxygens (including phenoxy) is 1. The summed E-state index contributed by atoms with van der Waals surface area (Å²) in [5.74, 6) is -0.259. The van der Waals surface area contributed by atoms with Gasteiger partial charge in [-0.2, -0.15) is 0 Å². The number of rotatable bonds is 10. The van der Waals surface area contributed by atoms with E-state index in [1.165, 1.54) is 0 Å². The molecule has 0 fully saturated rings. The van der Waals surface area contributed by atoms with E-state index < -0.39 is 6.10 Å². The van der Waals surface area contributed by atoms with Crippen molar-refractivity contribution in [2.75, 3.05) is 19.7 Å². The van der Waals surface area contributed by atoms with Crippen LogP contribution in [0.1, 0.15) is 33.1 Å². The molecule has 0 aromatic heterocycles. The minimum atomic E-state index is -0.474. The zero-order valence-corrected chi connectivity index (χ0v) is 10.2. The molecule has 0 aliphatic rings. The van der Waals surface area contributed by atoms with Gasteiger partial charge < -0.3 is 20.9 Å². The van der Waals surface area contributed by atoms with Gasteiger partial charge in [0.05, 0.1) is 18.8 Å². The van der Waals surface area contributed by atoms with Crippen LogP contribution in [0.4, 0.5) is 0 Å². The van der Waals surface area contributed by atoms with Gasteiger partial charge in [-0.05, 0) is 33.2 Å². The molecule has 4 N–H and O–H groups in total. The van der Waals surface area contributed by atoms with E-state index in [1.807, 2.05) is 13.8 Å². The van der Waals surface area contributed by atoms with Gasteiger partial charge in [0, 0.05) is 13.0 Å². The second-order valence-corrected chi connectivity index (χ2v) is 4.16. The highest BCUT2D eigenvalue weighted by Gasteiger charge is 2.04. The topological polar surface area (TPSA) is 84.6 Å². The predicted octanol–water partition coefficient (Wildman–Crippen LogP) is 0.0175. The number of aliphatic hydroxyl groups is 1. The molecule has 1 unspecified atom stereocenters. The average molecular weight is 232 g/mol. The number of hydrogen-bond donors (Lipinski definition) is 3. The smallest absolute Gasteiger partial charge is 0.217 e. The number of amides is 1. The Morgan fingerprint density at radius 1 is 1.44 bits per heavy atom. The van der Waals surface area contributed by atoms with Crippen molar-refractivity contribution in [2.24, 2.45) is 5.73 Å². The molecule has 16 heavy (non-hydrogen) atoms. The fourth-order valence-corrected chi connectivity index (χ4v) is 1.18. The first kappa shape index (κ1) is 15.3. The normalized spacial score (nSPS) is 13.0. The van der Waals surface area contributed by atoms with Gasteiger partial charge in [-0.25, -0.2) is 0 Å². The first-order valence-electron chi connectivity index (χ1n) is 5.81. The Bertz CT molecular complexity index is 186. The van der Waals surface area contributed by atoms with Crippen LogP contribution in [-0.2, 0) is 9.53 Å². The standard InChI is InChI=1S/C11H24N2O3/c1-9(2)16-8-10(14)7-13-6-4-3-5-11(12)15/h9-10,13-14H,3-8H2,1-2H3,(H2,12,15). The van der Waals surface area contributed by atoms with Gasteiger partial charge in [-0.15, -0.1) is 0 Å². The molecule has 0 radical (unpaired) electrons. The highest BCUT2D eigenvalue weighted by atomic mass is 16.5. The maximum atomic E-state index is 10.4. The van der Waals surface area contributed by atoms with Crippen LogP contribution >= 0.6 is 0 Å². The fraction of sp³-hybridized carbons (Fsp3) is 0.909. The van der Waals surface area contributed by atoms with Crippen molar-refractivity contribution >= 4 is 5.91 Å². The van der Waals surface area contributed by atoms with Gasteiger partial charge in [-0.3, -0.25) is 4.79 Å². The van der Waals surface area contributed by atoms with Crippen LogP contribution in [0.5, 0.6) is 0 Å². The second kappa shape index (κ2) is 9.57. The molecule has 1 amide bonds. The number of nitrogens with two attached hydrogens (primary N) is 1. The summed E-state index contributed by atoms with van der Waals surface area (Å²) in [4.78, 5) is 10.4. The largest absolute Gasteiger partial charge is 0.389 e. The van der Waals surface area contributed by atoms with Gasteiger partial charge in [0.15, 0.2) is 0 Å². The van der Waals surface area contributed by atoms with Crippen LogP contribution in [0.2, 0.25) is 0 Å². The lowest BCUT2D eigenvalue weighted by molar-refractivity contribution is -0.118. The molecule has 96 valence electrons. The molecule has 0 aromatic rings.